The van der Waals surface area contributed by atoms with Crippen molar-refractivity contribution in [2.75, 3.05) is 25.7 Å². The second-order valence-electron chi connectivity index (χ2n) is 16.2. The molecule has 0 saturated carbocycles. The summed E-state index contributed by atoms with van der Waals surface area (Å²) in [4.78, 5) is 73.8. The Morgan fingerprint density at radius 1 is 0.630 bits per heavy atom. The molecule has 1 amide bonds. The molecule has 8 N–H and O–H groups in total. The lowest BCUT2D eigenvalue weighted by Crippen LogP contribution is -2.24. The van der Waals surface area contributed by atoms with Crippen LogP contribution in [0, 0.1) is 27.7 Å². The van der Waals surface area contributed by atoms with Crippen LogP contribution in [0.15, 0.2) is 97.6 Å². The minimum atomic E-state index is -1.02. The number of nitrogens with one attached hydrogen (secondary N) is 1. The first-order valence-electron chi connectivity index (χ1n) is 21.8. The molecule has 2 aromatic carbocycles. The maximum absolute atomic E-state index is 12.8. The van der Waals surface area contributed by atoms with Gasteiger partial charge in [0.25, 0.3) is 5.91 Å². The summed E-state index contributed by atoms with van der Waals surface area (Å²) in [5.74, 6) is -1.22. The van der Waals surface area contributed by atoms with E-state index in [1.807, 2.05) is 45.9 Å². The number of carboxylic acid groups (broad SMARTS) is 1. The quantitative estimate of drug-likeness (QED) is 0.0755. The molecule has 0 radical (unpaired) electrons. The van der Waals surface area contributed by atoms with E-state index >= 15 is 0 Å². The number of aryl methyl sites for hydroxylation is 4. The van der Waals surface area contributed by atoms with Crippen molar-refractivity contribution in [3.05, 3.63) is 186 Å². The van der Waals surface area contributed by atoms with E-state index in [0.717, 1.165) is 44.8 Å². The number of aromatic nitrogens is 6. The highest BCUT2D eigenvalue weighted by molar-refractivity contribution is 6.31. The second kappa shape index (κ2) is 26.0. The van der Waals surface area contributed by atoms with Gasteiger partial charge in [0.15, 0.2) is 0 Å². The Labute approximate surface area is 438 Å². The molecular formula is C53H55Cl3N10O7. The lowest BCUT2D eigenvalue weighted by atomic mass is 10.0. The van der Waals surface area contributed by atoms with E-state index < -0.39 is 17.9 Å². The third-order valence-electron chi connectivity index (χ3n) is 11.1. The number of hydrogen-bond acceptors (Lipinski definition) is 15. The molecular weight excluding hydrogens is 995 g/mol. The Morgan fingerprint density at radius 2 is 1.07 bits per heavy atom. The predicted octanol–water partition coefficient (Wildman–Crippen LogP) is 9.34. The molecule has 0 aliphatic rings. The molecule has 6 aromatic heterocycles. The number of rotatable bonds is 11. The van der Waals surface area contributed by atoms with Gasteiger partial charge in [0.1, 0.15) is 11.6 Å². The lowest BCUT2D eigenvalue weighted by Gasteiger charge is -2.12. The zero-order chi connectivity index (χ0) is 51.5. The summed E-state index contributed by atoms with van der Waals surface area (Å²) in [7, 11) is 2.62. The molecule has 380 valence electrons. The Kier molecular flexibility index (Phi) is 20.6. The summed E-state index contributed by atoms with van der Waals surface area (Å²) in [5.41, 5.74) is 27.8. The number of aromatic carboxylic acids is 1. The van der Waals surface area contributed by atoms with Crippen LogP contribution < -0.4 is 22.5 Å². The Balaban J connectivity index is 0.000000264. The number of esters is 2. The summed E-state index contributed by atoms with van der Waals surface area (Å²) >= 11 is 12.1. The van der Waals surface area contributed by atoms with Crippen LogP contribution in [-0.4, -0.2) is 73.0 Å². The molecule has 20 heteroatoms. The number of ether oxygens (including phenoxy) is 2. The molecule has 0 aliphatic heterocycles. The number of hydrogen-bond donors (Lipinski definition) is 5. The monoisotopic (exact) mass is 1050 g/mol. The molecule has 0 bridgehead atoms. The standard InChI is InChI=1S/C26H24ClN5O3.C18H13ClN2O4.C8H13N3.CH4.ClH/c1-14-6-23(28)32-15(2)22(14)13-31-25(33)17-4-5-29-20(11-17)8-16-7-18-10-19(27)12-30-24(18)21(9-16)26(34)35-3;1-25-18(24)15-6-10(4-12-7-13(19)9-21-16(12)15)5-14-8-11(17(22)23)2-3-20-14;1-5-3-8(10)11-6(2)7(5)4-9;;/h4-7,9-12H,8,13H2,1-3H3,(H2,28,32)(H,31,33);2-4,6-9H,5H2,1H3,(H,22,23);3H,4,9H2,1-2H3,(H2,10,11);1H4;1H. The fraction of sp³-hybridized carbons (Fsp3) is 0.208. The number of nitrogens with zero attached hydrogens (tertiary/aromatic N) is 6. The maximum atomic E-state index is 12.8. The van der Waals surface area contributed by atoms with Gasteiger partial charge in [-0.2, -0.15) is 0 Å². The van der Waals surface area contributed by atoms with E-state index in [4.69, 9.17) is 55.0 Å². The predicted molar refractivity (Wildman–Crippen MR) is 287 cm³/mol. The van der Waals surface area contributed by atoms with E-state index in [0.29, 0.717) is 97.5 Å². The highest BCUT2D eigenvalue weighted by atomic mass is 35.5. The zero-order valence-electron chi connectivity index (χ0n) is 40.0. The number of pyridine rings is 6. The third kappa shape index (κ3) is 14.9. The van der Waals surface area contributed by atoms with Crippen LogP contribution in [0.25, 0.3) is 21.8 Å². The van der Waals surface area contributed by atoms with Crippen LogP contribution in [0.2, 0.25) is 10.0 Å². The van der Waals surface area contributed by atoms with Crippen LogP contribution in [0.4, 0.5) is 11.6 Å². The van der Waals surface area contributed by atoms with Crippen molar-refractivity contribution >= 4 is 92.9 Å². The normalized spacial score (nSPS) is 10.4. The van der Waals surface area contributed by atoms with Crippen LogP contribution in [0.5, 0.6) is 0 Å². The van der Waals surface area contributed by atoms with Crippen molar-refractivity contribution in [1.29, 1.82) is 0 Å². The first kappa shape index (κ1) is 57.7. The van der Waals surface area contributed by atoms with Gasteiger partial charge < -0.3 is 37.1 Å². The first-order chi connectivity index (χ1) is 33.9. The number of amides is 1. The fourth-order valence-electron chi connectivity index (χ4n) is 7.77. The van der Waals surface area contributed by atoms with Gasteiger partial charge in [-0.25, -0.2) is 24.4 Å². The summed E-state index contributed by atoms with van der Waals surface area (Å²) in [6, 6.07) is 20.5. The highest BCUT2D eigenvalue weighted by Gasteiger charge is 2.18. The van der Waals surface area contributed by atoms with Crippen molar-refractivity contribution < 1.29 is 33.8 Å². The average molecular weight is 1050 g/mol. The Hall–Kier alpha value is -7.83. The largest absolute Gasteiger partial charge is 0.478 e. The Bertz CT molecular complexity index is 3290. The molecule has 0 unspecified atom stereocenters. The number of carboxylic acids is 1. The number of nitrogen functional groups attached to an aromatic ring is 2. The average Bonchev–Trinajstić information content (AvgIpc) is 3.32. The number of benzene rings is 2. The van der Waals surface area contributed by atoms with Crippen molar-refractivity contribution in [3.63, 3.8) is 0 Å². The minimum Gasteiger partial charge on any atom is -0.478 e. The first-order valence-corrected chi connectivity index (χ1v) is 22.5. The van der Waals surface area contributed by atoms with E-state index in [-0.39, 0.29) is 31.3 Å². The van der Waals surface area contributed by atoms with Crippen LogP contribution >= 0.6 is 35.6 Å². The maximum Gasteiger partial charge on any atom is 0.340 e. The molecule has 0 spiro atoms. The second-order valence-corrected chi connectivity index (χ2v) is 17.1. The summed E-state index contributed by atoms with van der Waals surface area (Å²) in [5, 5.41) is 14.3. The molecule has 8 aromatic rings. The van der Waals surface area contributed by atoms with Gasteiger partial charge >= 0.3 is 17.9 Å². The topological polar surface area (TPSA) is 274 Å². The smallest absolute Gasteiger partial charge is 0.340 e. The van der Waals surface area contributed by atoms with E-state index in [1.165, 1.54) is 44.9 Å². The van der Waals surface area contributed by atoms with Gasteiger partial charge in [-0.1, -0.05) is 30.6 Å². The third-order valence-corrected chi connectivity index (χ3v) is 11.5. The number of halogens is 3. The molecule has 73 heavy (non-hydrogen) atoms. The van der Waals surface area contributed by atoms with E-state index in [9.17, 15) is 19.2 Å². The highest BCUT2D eigenvalue weighted by Crippen LogP contribution is 2.26. The molecule has 0 atom stereocenters. The van der Waals surface area contributed by atoms with Crippen molar-refractivity contribution in [1.82, 2.24) is 35.2 Å². The fourth-order valence-corrected chi connectivity index (χ4v) is 8.10. The number of fused-ring (bicyclic) bond motifs is 2. The van der Waals surface area contributed by atoms with E-state index in [2.05, 4.69) is 35.2 Å². The number of methoxy groups -OCH3 is 2. The summed E-state index contributed by atoms with van der Waals surface area (Å²) < 4.78 is 9.75. The lowest BCUT2D eigenvalue weighted by molar-refractivity contribution is 0.0593. The summed E-state index contributed by atoms with van der Waals surface area (Å²) in [6.45, 7) is 8.59. The number of carbonyl (C=O) groups is 4. The molecule has 17 nitrogen and oxygen atoms in total. The van der Waals surface area contributed by atoms with E-state index in [1.54, 1.807) is 48.7 Å². The van der Waals surface area contributed by atoms with Crippen LogP contribution in [-0.2, 0) is 35.4 Å². The SMILES string of the molecule is C.COC(=O)c1cc(Cc2cc(C(=O)NCc3c(C)cc(N)nc3C)ccn2)cc2cc(Cl)cnc12.COC(=O)c1cc(Cc2cc(C(=O)O)ccn2)cc2cc(Cl)cnc12.Cc1cc(N)nc(C)c1CN.Cl. The van der Waals surface area contributed by atoms with Gasteiger partial charge in [0.05, 0.1) is 52.0 Å². The molecule has 0 aliphatic carbocycles. The van der Waals surface area contributed by atoms with Gasteiger partial charge in [0.2, 0.25) is 0 Å². The van der Waals surface area contributed by atoms with Gasteiger partial charge in [-0.3, -0.25) is 24.7 Å². The van der Waals surface area contributed by atoms with Crippen LogP contribution in [0.1, 0.15) is 105 Å². The molecule has 0 fully saturated rings. The number of nitrogens with two attached hydrogens (primary N) is 3. The number of carbonyl (C=O) groups excluding carboxylic acids is 3. The van der Waals surface area contributed by atoms with Gasteiger partial charge in [0, 0.05) is 89.8 Å². The van der Waals surface area contributed by atoms with Gasteiger partial charge in [-0.05, 0) is 134 Å². The van der Waals surface area contributed by atoms with Gasteiger partial charge in [-0.15, -0.1) is 12.4 Å². The van der Waals surface area contributed by atoms with Crippen molar-refractivity contribution in [2.45, 2.75) is 61.1 Å². The van der Waals surface area contributed by atoms with Crippen molar-refractivity contribution in [3.8, 4) is 0 Å². The molecule has 6 heterocycles. The minimum absolute atomic E-state index is 0. The van der Waals surface area contributed by atoms with Crippen LogP contribution in [0.3, 0.4) is 0 Å². The van der Waals surface area contributed by atoms with Crippen molar-refractivity contribution in [2.24, 2.45) is 5.73 Å². The Morgan fingerprint density at radius 3 is 1.49 bits per heavy atom. The number of anilines is 2. The summed E-state index contributed by atoms with van der Waals surface area (Å²) in [6.07, 6.45) is 6.74. The molecule has 8 rings (SSSR count). The zero-order valence-corrected chi connectivity index (χ0v) is 42.4. The molecule has 0 saturated heterocycles.